The van der Waals surface area contributed by atoms with Crippen molar-refractivity contribution in [2.24, 2.45) is 11.7 Å². The van der Waals surface area contributed by atoms with Crippen molar-refractivity contribution < 1.29 is 9.21 Å². The fourth-order valence-corrected chi connectivity index (χ4v) is 2.96. The number of hydrogen-bond acceptors (Lipinski definition) is 3. The van der Waals surface area contributed by atoms with Gasteiger partial charge in [0.05, 0.1) is 6.54 Å². The molecule has 0 saturated heterocycles. The van der Waals surface area contributed by atoms with Crippen LogP contribution in [0, 0.1) is 5.92 Å². The Bertz CT molecular complexity index is 504. The Morgan fingerprint density at radius 1 is 1.50 bits per heavy atom. The van der Waals surface area contributed by atoms with Crippen LogP contribution in [0.1, 0.15) is 56.5 Å². The minimum absolute atomic E-state index is 0.116. The number of carbonyl (C=O) groups is 1. The summed E-state index contributed by atoms with van der Waals surface area (Å²) in [4.78, 5) is 13.9. The molecule has 2 unspecified atom stereocenters. The smallest absolute Gasteiger partial charge is 0.224 e. The maximum atomic E-state index is 12.2. The van der Waals surface area contributed by atoms with Crippen LogP contribution in [0.2, 0.25) is 0 Å². The van der Waals surface area contributed by atoms with E-state index in [1.807, 2.05) is 13.1 Å². The molecule has 4 nitrogen and oxygen atoms in total. The van der Waals surface area contributed by atoms with E-state index in [-0.39, 0.29) is 11.4 Å². The Hall–Kier alpha value is -1.29. The fourth-order valence-electron chi connectivity index (χ4n) is 2.96. The Balaban J connectivity index is 1.54. The summed E-state index contributed by atoms with van der Waals surface area (Å²) < 4.78 is 5.84. The Labute approximate surface area is 120 Å². The van der Waals surface area contributed by atoms with Gasteiger partial charge in [-0.3, -0.25) is 4.79 Å². The zero-order valence-corrected chi connectivity index (χ0v) is 12.4. The molecular formula is C16H24N2O2. The van der Waals surface area contributed by atoms with Gasteiger partial charge in [0.25, 0.3) is 0 Å². The fraction of sp³-hybridized carbons (Fsp3) is 0.688. The van der Waals surface area contributed by atoms with Gasteiger partial charge in [0.15, 0.2) is 0 Å². The van der Waals surface area contributed by atoms with Crippen LogP contribution in [-0.4, -0.2) is 23.4 Å². The lowest BCUT2D eigenvalue weighted by atomic mass is 9.75. The summed E-state index contributed by atoms with van der Waals surface area (Å²) >= 11 is 0. The normalized spacial score (nSPS) is 26.9. The number of carbonyl (C=O) groups excluding carboxylic acids is 1. The number of amides is 1. The maximum absolute atomic E-state index is 12.2. The Morgan fingerprint density at radius 3 is 2.75 bits per heavy atom. The molecule has 2 aliphatic carbocycles. The van der Waals surface area contributed by atoms with Gasteiger partial charge in [-0.15, -0.1) is 0 Å². The molecule has 2 fully saturated rings. The summed E-state index contributed by atoms with van der Waals surface area (Å²) in [6.07, 6.45) is 4.76. The van der Waals surface area contributed by atoms with Gasteiger partial charge in [0.2, 0.25) is 5.91 Å². The zero-order chi connectivity index (χ0) is 14.3. The van der Waals surface area contributed by atoms with Gasteiger partial charge in [-0.2, -0.15) is 0 Å². The van der Waals surface area contributed by atoms with Gasteiger partial charge in [0, 0.05) is 24.9 Å². The van der Waals surface area contributed by atoms with Crippen LogP contribution >= 0.6 is 0 Å². The first-order valence-electron chi connectivity index (χ1n) is 7.58. The largest absolute Gasteiger partial charge is 0.464 e. The second-order valence-electron chi connectivity index (χ2n) is 6.77. The van der Waals surface area contributed by atoms with Crippen molar-refractivity contribution in [1.82, 2.24) is 4.90 Å². The van der Waals surface area contributed by atoms with Crippen molar-refractivity contribution in [3.63, 3.8) is 0 Å². The SMILES string of the molecule is CC1CC1c1ccc(CN(C)C(=O)CC2(N)CCC2)o1. The van der Waals surface area contributed by atoms with Crippen molar-refractivity contribution in [2.75, 3.05) is 7.05 Å². The minimum Gasteiger partial charge on any atom is -0.464 e. The van der Waals surface area contributed by atoms with Crippen LogP contribution in [0.4, 0.5) is 0 Å². The van der Waals surface area contributed by atoms with E-state index in [1.165, 1.54) is 6.42 Å². The van der Waals surface area contributed by atoms with E-state index in [4.69, 9.17) is 10.2 Å². The van der Waals surface area contributed by atoms with Crippen LogP contribution in [0.3, 0.4) is 0 Å². The Kier molecular flexibility index (Phi) is 3.36. The van der Waals surface area contributed by atoms with Gasteiger partial charge in [-0.25, -0.2) is 0 Å². The summed E-state index contributed by atoms with van der Waals surface area (Å²) in [6, 6.07) is 4.05. The van der Waals surface area contributed by atoms with E-state index in [0.717, 1.165) is 36.7 Å². The molecular weight excluding hydrogens is 252 g/mol. The highest BCUT2D eigenvalue weighted by Crippen LogP contribution is 2.47. The summed E-state index contributed by atoms with van der Waals surface area (Å²) in [6.45, 7) is 2.78. The zero-order valence-electron chi connectivity index (χ0n) is 12.4. The van der Waals surface area contributed by atoms with E-state index >= 15 is 0 Å². The molecule has 2 saturated carbocycles. The van der Waals surface area contributed by atoms with Crippen LogP contribution < -0.4 is 5.73 Å². The van der Waals surface area contributed by atoms with E-state index in [9.17, 15) is 4.79 Å². The van der Waals surface area contributed by atoms with Crippen molar-refractivity contribution in [2.45, 2.75) is 57.0 Å². The Morgan fingerprint density at radius 2 is 2.20 bits per heavy atom. The van der Waals surface area contributed by atoms with Crippen molar-refractivity contribution >= 4 is 5.91 Å². The van der Waals surface area contributed by atoms with Crippen LogP contribution in [0.15, 0.2) is 16.5 Å². The van der Waals surface area contributed by atoms with Crippen LogP contribution in [-0.2, 0) is 11.3 Å². The van der Waals surface area contributed by atoms with Crippen LogP contribution in [0.5, 0.6) is 0 Å². The predicted octanol–water partition coefficient (Wildman–Crippen LogP) is 2.63. The lowest BCUT2D eigenvalue weighted by Crippen LogP contribution is -2.50. The monoisotopic (exact) mass is 276 g/mol. The van der Waals surface area contributed by atoms with E-state index in [1.54, 1.807) is 4.90 Å². The van der Waals surface area contributed by atoms with Crippen molar-refractivity contribution in [3.8, 4) is 0 Å². The predicted molar refractivity (Wildman–Crippen MR) is 77.1 cm³/mol. The molecule has 3 rings (SSSR count). The lowest BCUT2D eigenvalue weighted by Gasteiger charge is -2.38. The number of nitrogens with zero attached hydrogens (tertiary/aromatic N) is 1. The topological polar surface area (TPSA) is 59.5 Å². The molecule has 1 amide bonds. The lowest BCUT2D eigenvalue weighted by molar-refractivity contribution is -0.132. The van der Waals surface area contributed by atoms with E-state index < -0.39 is 0 Å². The summed E-state index contributed by atoms with van der Waals surface area (Å²) in [5.74, 6) is 3.39. The maximum Gasteiger partial charge on any atom is 0.224 e. The molecule has 2 N–H and O–H groups in total. The molecule has 0 aliphatic heterocycles. The molecule has 2 atom stereocenters. The molecule has 1 heterocycles. The second kappa shape index (κ2) is 4.92. The third-order valence-electron chi connectivity index (χ3n) is 4.83. The highest BCUT2D eigenvalue weighted by atomic mass is 16.3. The summed E-state index contributed by atoms with van der Waals surface area (Å²) in [5.41, 5.74) is 5.88. The summed E-state index contributed by atoms with van der Waals surface area (Å²) in [7, 11) is 1.83. The number of hydrogen-bond donors (Lipinski definition) is 1. The average molecular weight is 276 g/mol. The highest BCUT2D eigenvalue weighted by molar-refractivity contribution is 5.77. The van der Waals surface area contributed by atoms with Gasteiger partial charge in [-0.1, -0.05) is 6.92 Å². The van der Waals surface area contributed by atoms with Crippen LogP contribution in [0.25, 0.3) is 0 Å². The van der Waals surface area contributed by atoms with Gasteiger partial charge in [0.1, 0.15) is 11.5 Å². The van der Waals surface area contributed by atoms with Gasteiger partial charge in [-0.05, 0) is 43.7 Å². The molecule has 1 aromatic heterocycles. The second-order valence-corrected chi connectivity index (χ2v) is 6.77. The van der Waals surface area contributed by atoms with Crippen molar-refractivity contribution in [1.29, 1.82) is 0 Å². The number of furan rings is 1. The molecule has 0 aromatic carbocycles. The summed E-state index contributed by atoms with van der Waals surface area (Å²) in [5, 5.41) is 0. The molecule has 20 heavy (non-hydrogen) atoms. The molecule has 4 heteroatoms. The van der Waals surface area contributed by atoms with E-state index in [2.05, 4.69) is 13.0 Å². The number of nitrogens with two attached hydrogens (primary N) is 1. The number of rotatable bonds is 5. The van der Waals surface area contributed by atoms with Gasteiger partial charge < -0.3 is 15.1 Å². The highest BCUT2D eigenvalue weighted by Gasteiger charge is 2.37. The quantitative estimate of drug-likeness (QED) is 0.899. The molecule has 110 valence electrons. The minimum atomic E-state index is -0.247. The first-order chi connectivity index (χ1) is 9.47. The third-order valence-corrected chi connectivity index (χ3v) is 4.83. The van der Waals surface area contributed by atoms with Crippen molar-refractivity contribution in [3.05, 3.63) is 23.7 Å². The molecule has 1 aromatic rings. The molecule has 0 spiro atoms. The first kappa shape index (κ1) is 13.7. The molecule has 0 radical (unpaired) electrons. The van der Waals surface area contributed by atoms with E-state index in [0.29, 0.717) is 18.9 Å². The van der Waals surface area contributed by atoms with Gasteiger partial charge >= 0.3 is 0 Å². The first-order valence-corrected chi connectivity index (χ1v) is 7.58. The standard InChI is InChI=1S/C16H24N2O2/c1-11-8-13(11)14-5-4-12(20-14)10-18(2)15(19)9-16(17)6-3-7-16/h4-5,11,13H,3,6-10,17H2,1-2H3. The third kappa shape index (κ3) is 2.75. The average Bonchev–Trinajstić information content (AvgIpc) is 2.91. The molecule has 2 aliphatic rings. The molecule has 0 bridgehead atoms.